The van der Waals surface area contributed by atoms with E-state index >= 15 is 0 Å². The van der Waals surface area contributed by atoms with E-state index in [9.17, 15) is 0 Å². The van der Waals surface area contributed by atoms with Crippen LogP contribution in [0.1, 0.15) is 0 Å². The highest BCUT2D eigenvalue weighted by Crippen LogP contribution is 2.25. The van der Waals surface area contributed by atoms with Crippen molar-refractivity contribution in [3.05, 3.63) is 48.5 Å². The first kappa shape index (κ1) is 21.3. The third-order valence-corrected chi connectivity index (χ3v) is 3.04. The predicted octanol–water partition coefficient (Wildman–Crippen LogP) is 0.215. The highest BCUT2D eigenvalue weighted by molar-refractivity contribution is 5.94. The molecule has 0 amide bonds. The summed E-state index contributed by atoms with van der Waals surface area (Å²) in [6, 6.07) is 14.8. The van der Waals surface area contributed by atoms with E-state index in [-0.39, 0.29) is 36.2 Å². The Morgan fingerprint density at radius 1 is 0.519 bits per heavy atom. The summed E-state index contributed by atoms with van der Waals surface area (Å²) in [4.78, 5) is 15.5. The first-order chi connectivity index (χ1) is 12.3. The van der Waals surface area contributed by atoms with E-state index < -0.39 is 0 Å². The molecule has 0 atom stereocenters. The Kier molecular flexibility index (Phi) is 7.58. The van der Waals surface area contributed by atoms with Crippen molar-refractivity contribution in [3.8, 4) is 11.1 Å². The fourth-order valence-electron chi connectivity index (χ4n) is 2.04. The maximum Gasteiger partial charge on any atom is 0.223 e. The van der Waals surface area contributed by atoms with Crippen molar-refractivity contribution < 1.29 is 0 Å². The topological polar surface area (TPSA) is 206 Å². The second-order valence-corrected chi connectivity index (χ2v) is 5.11. The molecule has 0 radical (unpaired) electrons. The van der Waals surface area contributed by atoms with E-state index in [0.717, 1.165) is 11.1 Å². The van der Waals surface area contributed by atoms with Crippen LogP contribution in [0.15, 0.2) is 68.5 Å². The molecule has 27 heavy (non-hydrogen) atoms. The van der Waals surface area contributed by atoms with E-state index in [4.69, 9.17) is 34.4 Å². The largest absolute Gasteiger partial charge is 0.370 e. The molecule has 0 saturated heterocycles. The van der Waals surface area contributed by atoms with Gasteiger partial charge in [-0.3, -0.25) is 0 Å². The molecule has 0 aliphatic rings. The molecule has 0 saturated carbocycles. The number of hydrogen-bond acceptors (Lipinski definition) is 2. The normalized spacial score (nSPS) is 11.3. The third-order valence-electron chi connectivity index (χ3n) is 3.04. The number of hydrogen-bond donors (Lipinski definition) is 6. The van der Waals surface area contributed by atoms with Gasteiger partial charge in [-0.05, 0) is 35.4 Å². The molecule has 10 nitrogen and oxygen atoms in total. The molecule has 2 aromatic carbocycles. The number of rotatable bonds is 3. The molecule has 142 valence electrons. The molecule has 0 fully saturated rings. The summed E-state index contributed by atoms with van der Waals surface area (Å²) >= 11 is 0. The Morgan fingerprint density at radius 3 is 1.07 bits per heavy atom. The van der Waals surface area contributed by atoms with Gasteiger partial charge in [-0.2, -0.15) is 9.98 Å². The van der Waals surface area contributed by atoms with E-state index in [1.54, 1.807) is 24.3 Å². The number of nitrogens with two attached hydrogens (primary N) is 6. The lowest BCUT2D eigenvalue weighted by Crippen LogP contribution is -2.26. The SMILES string of the molecule is Cl.NC(N)=NC(N)=Nc1ccc(-c2ccc(N=C(N)N=C(N)N)cc2)cc1. The zero-order valence-corrected chi connectivity index (χ0v) is 15.1. The Bertz CT molecular complexity index is 799. The smallest absolute Gasteiger partial charge is 0.223 e. The molecule has 0 unspecified atom stereocenters. The van der Waals surface area contributed by atoms with Gasteiger partial charge < -0.3 is 34.4 Å². The van der Waals surface area contributed by atoms with Crippen LogP contribution in [-0.2, 0) is 0 Å². The van der Waals surface area contributed by atoms with Gasteiger partial charge in [-0.1, -0.05) is 24.3 Å². The summed E-state index contributed by atoms with van der Waals surface area (Å²) in [5.41, 5.74) is 35.4. The minimum absolute atomic E-state index is 0. The lowest BCUT2D eigenvalue weighted by Gasteiger charge is -2.03. The highest BCUT2D eigenvalue weighted by Gasteiger charge is 2.00. The van der Waals surface area contributed by atoms with Crippen LogP contribution in [0.5, 0.6) is 0 Å². The molecular formula is C16H21ClN10. The maximum atomic E-state index is 5.60. The third kappa shape index (κ3) is 6.92. The van der Waals surface area contributed by atoms with Crippen molar-refractivity contribution in [1.82, 2.24) is 0 Å². The molecule has 11 heteroatoms. The average molecular weight is 389 g/mol. The van der Waals surface area contributed by atoms with Crippen LogP contribution in [0.4, 0.5) is 11.4 Å². The van der Waals surface area contributed by atoms with Crippen molar-refractivity contribution in [2.24, 2.45) is 54.4 Å². The number of benzene rings is 2. The minimum Gasteiger partial charge on any atom is -0.370 e. The Balaban J connectivity index is 0.00000364. The summed E-state index contributed by atoms with van der Waals surface area (Å²) in [6.45, 7) is 0. The second-order valence-electron chi connectivity index (χ2n) is 5.11. The Labute approximate surface area is 162 Å². The second kappa shape index (κ2) is 9.63. The summed E-state index contributed by atoms with van der Waals surface area (Å²) in [5.74, 6) is -0.325. The van der Waals surface area contributed by atoms with Crippen LogP contribution in [0.3, 0.4) is 0 Å². The van der Waals surface area contributed by atoms with Gasteiger partial charge in [0.15, 0.2) is 11.9 Å². The maximum absolute atomic E-state index is 5.60. The Hall–Kier alpha value is -3.79. The monoisotopic (exact) mass is 388 g/mol. The molecular weight excluding hydrogens is 368 g/mol. The van der Waals surface area contributed by atoms with Crippen LogP contribution < -0.4 is 34.4 Å². The van der Waals surface area contributed by atoms with E-state index in [1.165, 1.54) is 0 Å². The minimum atomic E-state index is -0.147. The van der Waals surface area contributed by atoms with Gasteiger partial charge in [0, 0.05) is 0 Å². The van der Waals surface area contributed by atoms with Crippen molar-refractivity contribution >= 4 is 47.6 Å². The summed E-state index contributed by atoms with van der Waals surface area (Å²) < 4.78 is 0. The van der Waals surface area contributed by atoms with E-state index in [2.05, 4.69) is 20.0 Å². The Morgan fingerprint density at radius 2 is 0.815 bits per heavy atom. The van der Waals surface area contributed by atoms with Crippen molar-refractivity contribution in [2.75, 3.05) is 0 Å². The van der Waals surface area contributed by atoms with E-state index in [1.807, 2.05) is 24.3 Å². The molecule has 0 spiro atoms. The first-order valence-corrected chi connectivity index (χ1v) is 7.41. The van der Waals surface area contributed by atoms with Gasteiger partial charge in [0.05, 0.1) is 11.4 Å². The molecule has 2 aromatic rings. The molecule has 0 aliphatic carbocycles. The lowest BCUT2D eigenvalue weighted by atomic mass is 10.1. The average Bonchev–Trinajstić information content (AvgIpc) is 2.54. The van der Waals surface area contributed by atoms with Gasteiger partial charge in [-0.25, -0.2) is 9.98 Å². The molecule has 12 N–H and O–H groups in total. The molecule has 0 heterocycles. The van der Waals surface area contributed by atoms with Crippen molar-refractivity contribution in [1.29, 1.82) is 0 Å². The first-order valence-electron chi connectivity index (χ1n) is 7.41. The lowest BCUT2D eigenvalue weighted by molar-refractivity contribution is 1.38. The predicted molar refractivity (Wildman–Crippen MR) is 113 cm³/mol. The van der Waals surface area contributed by atoms with Gasteiger partial charge >= 0.3 is 0 Å². The highest BCUT2D eigenvalue weighted by atomic mass is 35.5. The van der Waals surface area contributed by atoms with E-state index in [0.29, 0.717) is 11.4 Å². The van der Waals surface area contributed by atoms with Crippen molar-refractivity contribution in [2.45, 2.75) is 0 Å². The van der Waals surface area contributed by atoms with Crippen LogP contribution in [0.2, 0.25) is 0 Å². The zero-order chi connectivity index (χ0) is 19.1. The molecule has 0 aliphatic heterocycles. The van der Waals surface area contributed by atoms with Crippen LogP contribution in [0, 0.1) is 0 Å². The van der Waals surface area contributed by atoms with Gasteiger partial charge in [0.25, 0.3) is 0 Å². The molecule has 0 bridgehead atoms. The number of halogens is 1. The number of nitrogens with zero attached hydrogens (tertiary/aromatic N) is 4. The van der Waals surface area contributed by atoms with Crippen LogP contribution in [-0.4, -0.2) is 23.8 Å². The van der Waals surface area contributed by atoms with Gasteiger partial charge in [-0.15, -0.1) is 12.4 Å². The van der Waals surface area contributed by atoms with Crippen molar-refractivity contribution in [3.63, 3.8) is 0 Å². The molecule has 0 aromatic heterocycles. The quantitative estimate of drug-likeness (QED) is 0.319. The summed E-state index contributed by atoms with van der Waals surface area (Å²) in [6.07, 6.45) is 0. The fourth-order valence-corrected chi connectivity index (χ4v) is 2.04. The number of guanidine groups is 4. The zero-order valence-electron chi connectivity index (χ0n) is 14.3. The summed E-state index contributed by atoms with van der Waals surface area (Å²) in [7, 11) is 0. The van der Waals surface area contributed by atoms with Crippen LogP contribution >= 0.6 is 12.4 Å². The summed E-state index contributed by atoms with van der Waals surface area (Å²) in [5, 5.41) is 0. The molecule has 2 rings (SSSR count). The number of aliphatic imine (C=N–C) groups is 4. The van der Waals surface area contributed by atoms with Gasteiger partial charge in [0.1, 0.15) is 0 Å². The van der Waals surface area contributed by atoms with Gasteiger partial charge in [0.2, 0.25) is 11.9 Å². The fraction of sp³-hybridized carbons (Fsp3) is 0. The standard InChI is InChI=1S/C16H20N10.ClH/c17-13(18)25-15(21)23-11-5-1-9(2-6-11)10-3-7-12(8-4-10)24-16(22)26-14(19)20;/h1-8H,(H6,17,18,21,23,25)(H6,19,20,22,24,26);1H. The van der Waals surface area contributed by atoms with Crippen LogP contribution in [0.25, 0.3) is 11.1 Å².